The molecule has 0 aliphatic rings. The van der Waals surface area contributed by atoms with Gasteiger partial charge in [0.1, 0.15) is 0 Å². The summed E-state index contributed by atoms with van der Waals surface area (Å²) in [6, 6.07) is 26.9. The number of thioether (sulfide) groups is 1. The highest BCUT2D eigenvalue weighted by molar-refractivity contribution is 7.99. The smallest absolute Gasteiger partial charge is 0.234 e. The van der Waals surface area contributed by atoms with Gasteiger partial charge in [-0.1, -0.05) is 72.4 Å². The summed E-state index contributed by atoms with van der Waals surface area (Å²) in [7, 11) is 1.89. The van der Waals surface area contributed by atoms with Crippen molar-refractivity contribution in [2.75, 3.05) is 11.1 Å². The maximum absolute atomic E-state index is 12.5. The Morgan fingerprint density at radius 3 is 2.50 bits per heavy atom. The number of hydrogen-bond acceptors (Lipinski definition) is 6. The van der Waals surface area contributed by atoms with Gasteiger partial charge in [0.05, 0.1) is 17.0 Å². The average Bonchev–Trinajstić information content (AvgIpc) is 3.27. The van der Waals surface area contributed by atoms with E-state index in [1.165, 1.54) is 18.7 Å². The number of amides is 1. The number of Topliss-reactive ketones (excluding diaryl/α,β-unsaturated/α-hetero) is 1. The molecule has 0 bridgehead atoms. The summed E-state index contributed by atoms with van der Waals surface area (Å²) >= 11 is 1.30. The number of nitrogens with zero attached hydrogens (tertiary/aromatic N) is 4. The van der Waals surface area contributed by atoms with Gasteiger partial charge in [-0.2, -0.15) is 0 Å². The number of fused-ring (bicyclic) bond motifs is 1. The molecule has 0 fully saturated rings. The lowest BCUT2D eigenvalue weighted by Gasteiger charge is -2.10. The van der Waals surface area contributed by atoms with Crippen molar-refractivity contribution in [3.63, 3.8) is 0 Å². The van der Waals surface area contributed by atoms with Crippen LogP contribution in [0.15, 0.2) is 90.1 Å². The van der Waals surface area contributed by atoms with Crippen molar-refractivity contribution < 1.29 is 9.59 Å². The zero-order valence-electron chi connectivity index (χ0n) is 19.8. The quantitative estimate of drug-likeness (QED) is 0.233. The molecule has 0 spiro atoms. The molecule has 2 heterocycles. The van der Waals surface area contributed by atoms with Crippen LogP contribution in [-0.4, -0.2) is 37.2 Å². The maximum Gasteiger partial charge on any atom is 0.234 e. The summed E-state index contributed by atoms with van der Waals surface area (Å²) < 4.78 is 1.89. The van der Waals surface area contributed by atoms with Gasteiger partial charge >= 0.3 is 0 Å². The molecule has 178 valence electrons. The summed E-state index contributed by atoms with van der Waals surface area (Å²) in [5, 5.41) is 13.2. The number of benzene rings is 3. The Bertz CT molecular complexity index is 1580. The predicted octanol–water partition coefficient (Wildman–Crippen LogP) is 5.63. The molecule has 0 atom stereocenters. The van der Waals surface area contributed by atoms with Gasteiger partial charge in [-0.3, -0.25) is 9.59 Å². The molecule has 3 aromatic carbocycles. The van der Waals surface area contributed by atoms with Gasteiger partial charge in [-0.25, -0.2) is 4.98 Å². The summed E-state index contributed by atoms with van der Waals surface area (Å²) in [5.74, 6) is 0.614. The standard InChI is InChI=1S/C28H23N5O2S/c1-18(34)20-11-8-12-21(15-20)29-26(35)17-36-28-32-31-27(33(28)2)23-16-25(19-9-4-3-5-10-19)30-24-14-7-6-13-22(23)24/h3-16H,17H2,1-2H3,(H,29,35). The van der Waals surface area contributed by atoms with Gasteiger partial charge in [0.25, 0.3) is 0 Å². The maximum atomic E-state index is 12.5. The molecule has 7 nitrogen and oxygen atoms in total. The lowest BCUT2D eigenvalue weighted by molar-refractivity contribution is -0.113. The molecule has 36 heavy (non-hydrogen) atoms. The van der Waals surface area contributed by atoms with E-state index in [-0.39, 0.29) is 17.4 Å². The Labute approximate surface area is 212 Å². The van der Waals surface area contributed by atoms with Gasteiger partial charge in [0, 0.05) is 34.8 Å². The minimum atomic E-state index is -0.189. The third kappa shape index (κ3) is 4.89. The van der Waals surface area contributed by atoms with Crippen molar-refractivity contribution in [1.29, 1.82) is 0 Å². The first-order chi connectivity index (χ1) is 17.5. The average molecular weight is 494 g/mol. The van der Waals surface area contributed by atoms with Crippen molar-refractivity contribution >= 4 is 40.0 Å². The molecule has 0 aliphatic heterocycles. The van der Waals surface area contributed by atoms with Crippen LogP contribution in [0.25, 0.3) is 33.5 Å². The first-order valence-electron chi connectivity index (χ1n) is 11.4. The predicted molar refractivity (Wildman–Crippen MR) is 143 cm³/mol. The van der Waals surface area contributed by atoms with E-state index in [0.29, 0.717) is 22.2 Å². The summed E-state index contributed by atoms with van der Waals surface area (Å²) in [6.07, 6.45) is 0. The normalized spacial score (nSPS) is 10.9. The second-order valence-corrected chi connectivity index (χ2v) is 9.22. The van der Waals surface area contributed by atoms with Crippen LogP contribution in [0.2, 0.25) is 0 Å². The number of rotatable bonds is 7. The fourth-order valence-corrected chi connectivity index (χ4v) is 4.65. The zero-order chi connectivity index (χ0) is 25.1. The summed E-state index contributed by atoms with van der Waals surface area (Å²) in [4.78, 5) is 29.0. The molecule has 5 aromatic rings. The second-order valence-electron chi connectivity index (χ2n) is 8.28. The molecule has 0 unspecified atom stereocenters. The van der Waals surface area contributed by atoms with Crippen LogP contribution in [0.3, 0.4) is 0 Å². The van der Waals surface area contributed by atoms with E-state index in [1.54, 1.807) is 24.3 Å². The number of pyridine rings is 1. The molecule has 0 saturated heterocycles. The van der Waals surface area contributed by atoms with Gasteiger partial charge in [0.15, 0.2) is 16.8 Å². The molecule has 5 rings (SSSR count). The topological polar surface area (TPSA) is 89.8 Å². The monoisotopic (exact) mass is 493 g/mol. The number of anilines is 1. The highest BCUT2D eigenvalue weighted by Crippen LogP contribution is 2.32. The van der Waals surface area contributed by atoms with Crippen LogP contribution in [0.4, 0.5) is 5.69 Å². The van der Waals surface area contributed by atoms with E-state index in [1.807, 2.05) is 72.3 Å². The number of aromatic nitrogens is 4. The van der Waals surface area contributed by atoms with E-state index in [4.69, 9.17) is 4.98 Å². The number of nitrogens with one attached hydrogen (secondary N) is 1. The van der Waals surface area contributed by atoms with E-state index in [9.17, 15) is 9.59 Å². The van der Waals surface area contributed by atoms with Crippen molar-refractivity contribution in [3.05, 3.63) is 90.5 Å². The third-order valence-corrected chi connectivity index (χ3v) is 6.77. The number of hydrogen-bond donors (Lipinski definition) is 1. The summed E-state index contributed by atoms with van der Waals surface area (Å²) in [6.45, 7) is 1.50. The van der Waals surface area contributed by atoms with Gasteiger partial charge < -0.3 is 9.88 Å². The van der Waals surface area contributed by atoms with Crippen LogP contribution >= 0.6 is 11.8 Å². The molecule has 2 aromatic heterocycles. The molecular formula is C28H23N5O2S. The first-order valence-corrected chi connectivity index (χ1v) is 12.4. The van der Waals surface area contributed by atoms with E-state index < -0.39 is 0 Å². The Hall–Kier alpha value is -4.30. The lowest BCUT2D eigenvalue weighted by Crippen LogP contribution is -2.14. The van der Waals surface area contributed by atoms with Gasteiger partial charge in [-0.15, -0.1) is 10.2 Å². The van der Waals surface area contributed by atoms with Crippen molar-refractivity contribution in [2.45, 2.75) is 12.1 Å². The lowest BCUT2D eigenvalue weighted by atomic mass is 10.0. The van der Waals surface area contributed by atoms with Gasteiger partial charge in [0.2, 0.25) is 5.91 Å². The number of carbonyl (C=O) groups excluding carboxylic acids is 2. The van der Waals surface area contributed by atoms with Crippen LogP contribution in [-0.2, 0) is 11.8 Å². The molecule has 1 amide bonds. The fourth-order valence-electron chi connectivity index (χ4n) is 3.94. The number of ketones is 1. The molecule has 0 saturated carbocycles. The van der Waals surface area contributed by atoms with Crippen molar-refractivity contribution in [3.8, 4) is 22.6 Å². The molecular weight excluding hydrogens is 470 g/mol. The number of para-hydroxylation sites is 1. The Balaban J connectivity index is 1.39. The molecule has 0 aliphatic carbocycles. The van der Waals surface area contributed by atoms with E-state index >= 15 is 0 Å². The SMILES string of the molecule is CC(=O)c1cccc(NC(=O)CSc2nnc(-c3cc(-c4ccccc4)nc4ccccc34)n2C)c1. The zero-order valence-corrected chi connectivity index (χ0v) is 20.6. The minimum Gasteiger partial charge on any atom is -0.325 e. The molecule has 8 heteroatoms. The second kappa shape index (κ2) is 10.1. The highest BCUT2D eigenvalue weighted by Gasteiger charge is 2.17. The largest absolute Gasteiger partial charge is 0.325 e. The van der Waals surface area contributed by atoms with Crippen LogP contribution in [0, 0.1) is 0 Å². The minimum absolute atomic E-state index is 0.0499. The van der Waals surface area contributed by atoms with E-state index in [0.717, 1.165) is 27.7 Å². The summed E-state index contributed by atoms with van der Waals surface area (Å²) in [5.41, 5.74) is 4.81. The first kappa shape index (κ1) is 23.4. The number of carbonyl (C=O) groups is 2. The van der Waals surface area contributed by atoms with Crippen LogP contribution in [0.5, 0.6) is 0 Å². The Morgan fingerprint density at radius 1 is 0.917 bits per heavy atom. The Morgan fingerprint density at radius 2 is 1.69 bits per heavy atom. The van der Waals surface area contributed by atoms with Crippen molar-refractivity contribution in [2.24, 2.45) is 7.05 Å². The van der Waals surface area contributed by atoms with Crippen molar-refractivity contribution in [1.82, 2.24) is 19.7 Å². The fraction of sp³-hybridized carbons (Fsp3) is 0.107. The van der Waals surface area contributed by atoms with E-state index in [2.05, 4.69) is 15.5 Å². The molecule has 1 N–H and O–H groups in total. The highest BCUT2D eigenvalue weighted by atomic mass is 32.2. The Kier molecular flexibility index (Phi) is 6.60. The van der Waals surface area contributed by atoms with Crippen LogP contribution < -0.4 is 5.32 Å². The van der Waals surface area contributed by atoms with Gasteiger partial charge in [-0.05, 0) is 31.2 Å². The third-order valence-electron chi connectivity index (χ3n) is 5.75. The van der Waals surface area contributed by atoms with Crippen LogP contribution in [0.1, 0.15) is 17.3 Å². The molecule has 0 radical (unpaired) electrons.